The van der Waals surface area contributed by atoms with Gasteiger partial charge in [0.15, 0.2) is 0 Å². The van der Waals surface area contributed by atoms with Gasteiger partial charge >= 0.3 is 0 Å². The third kappa shape index (κ3) is 4.30. The van der Waals surface area contributed by atoms with Gasteiger partial charge in [-0.1, -0.05) is 43.3 Å². The van der Waals surface area contributed by atoms with Crippen LogP contribution in [0.15, 0.2) is 36.4 Å². The van der Waals surface area contributed by atoms with E-state index in [4.69, 9.17) is 0 Å². The molecule has 15 heavy (non-hydrogen) atoms. The van der Waals surface area contributed by atoms with E-state index in [1.165, 1.54) is 11.1 Å². The third-order valence-electron chi connectivity index (χ3n) is 2.49. The summed E-state index contributed by atoms with van der Waals surface area (Å²) < 4.78 is 0. The fourth-order valence-electron chi connectivity index (χ4n) is 1.62. The molecular formula is C14H21N. The molecule has 0 atom stereocenters. The first-order valence-electron chi connectivity index (χ1n) is 5.63. The number of hydrogen-bond acceptors (Lipinski definition) is 1. The van der Waals surface area contributed by atoms with E-state index in [0.717, 1.165) is 19.4 Å². The minimum atomic E-state index is 1.11. The molecule has 0 heterocycles. The molecular weight excluding hydrogens is 182 g/mol. The minimum Gasteiger partial charge on any atom is -0.309 e. The molecule has 1 rings (SSSR count). The molecule has 0 radical (unpaired) electrons. The Hall–Kier alpha value is -1.08. The van der Waals surface area contributed by atoms with Crippen LogP contribution in [0, 0.1) is 0 Å². The van der Waals surface area contributed by atoms with Crippen LogP contribution in [0.3, 0.4) is 0 Å². The van der Waals surface area contributed by atoms with E-state index in [9.17, 15) is 0 Å². The third-order valence-corrected chi connectivity index (χ3v) is 2.49. The zero-order valence-electron chi connectivity index (χ0n) is 10.0. The Balaban J connectivity index is 2.63. The standard InChI is InChI=1S/C14H21N/c1-4-13(11-8-12-15(2)3)14-9-6-5-7-10-14/h5-7,9-11H,4,8,12H2,1-3H3. The Bertz CT molecular complexity index is 298. The van der Waals surface area contributed by atoms with E-state index in [1.54, 1.807) is 0 Å². The van der Waals surface area contributed by atoms with E-state index in [1.807, 2.05) is 0 Å². The van der Waals surface area contributed by atoms with Gasteiger partial charge in [-0.3, -0.25) is 0 Å². The highest BCUT2D eigenvalue weighted by Crippen LogP contribution is 2.17. The van der Waals surface area contributed by atoms with Crippen molar-refractivity contribution < 1.29 is 0 Å². The van der Waals surface area contributed by atoms with Crippen molar-refractivity contribution in [3.63, 3.8) is 0 Å². The topological polar surface area (TPSA) is 3.24 Å². The monoisotopic (exact) mass is 203 g/mol. The number of hydrogen-bond donors (Lipinski definition) is 0. The molecule has 0 aliphatic rings. The van der Waals surface area contributed by atoms with E-state index >= 15 is 0 Å². The lowest BCUT2D eigenvalue weighted by Gasteiger charge is -2.08. The lowest BCUT2D eigenvalue weighted by atomic mass is 10.0. The maximum atomic E-state index is 2.36. The summed E-state index contributed by atoms with van der Waals surface area (Å²) in [5.74, 6) is 0. The van der Waals surface area contributed by atoms with Gasteiger partial charge in [0.2, 0.25) is 0 Å². The molecule has 0 aliphatic heterocycles. The van der Waals surface area contributed by atoms with E-state index in [2.05, 4.69) is 62.3 Å². The van der Waals surface area contributed by atoms with Gasteiger partial charge in [0.1, 0.15) is 0 Å². The first-order chi connectivity index (χ1) is 7.24. The molecule has 0 saturated carbocycles. The van der Waals surface area contributed by atoms with Crippen LogP contribution in [0.25, 0.3) is 5.57 Å². The first kappa shape index (κ1) is 12.0. The Morgan fingerprint density at radius 2 is 1.87 bits per heavy atom. The molecule has 0 saturated heterocycles. The van der Waals surface area contributed by atoms with Crippen LogP contribution >= 0.6 is 0 Å². The summed E-state index contributed by atoms with van der Waals surface area (Å²) in [6.45, 7) is 3.34. The van der Waals surface area contributed by atoms with Crippen molar-refractivity contribution in [1.29, 1.82) is 0 Å². The van der Waals surface area contributed by atoms with Gasteiger partial charge in [-0.2, -0.15) is 0 Å². The SMILES string of the molecule is CCC(=CCCN(C)C)c1ccccc1. The summed E-state index contributed by atoms with van der Waals surface area (Å²) in [5.41, 5.74) is 2.82. The molecule has 0 unspecified atom stereocenters. The van der Waals surface area contributed by atoms with Gasteiger partial charge in [0.25, 0.3) is 0 Å². The van der Waals surface area contributed by atoms with Gasteiger partial charge in [-0.25, -0.2) is 0 Å². The summed E-state index contributed by atoms with van der Waals surface area (Å²) in [6, 6.07) is 10.6. The van der Waals surface area contributed by atoms with Crippen molar-refractivity contribution in [2.45, 2.75) is 19.8 Å². The second-order valence-corrected chi connectivity index (χ2v) is 4.04. The zero-order valence-corrected chi connectivity index (χ0v) is 10.0. The van der Waals surface area contributed by atoms with Crippen LogP contribution in [0.5, 0.6) is 0 Å². The highest BCUT2D eigenvalue weighted by molar-refractivity contribution is 5.65. The van der Waals surface area contributed by atoms with Crippen molar-refractivity contribution in [3.8, 4) is 0 Å². The fourth-order valence-corrected chi connectivity index (χ4v) is 1.62. The largest absolute Gasteiger partial charge is 0.309 e. The predicted molar refractivity (Wildman–Crippen MR) is 67.9 cm³/mol. The van der Waals surface area contributed by atoms with Gasteiger partial charge in [-0.05, 0) is 38.1 Å². The Labute approximate surface area is 93.4 Å². The van der Waals surface area contributed by atoms with E-state index in [-0.39, 0.29) is 0 Å². The Morgan fingerprint density at radius 3 is 2.40 bits per heavy atom. The molecule has 0 N–H and O–H groups in total. The van der Waals surface area contributed by atoms with E-state index in [0.29, 0.717) is 0 Å². The van der Waals surface area contributed by atoms with Crippen molar-refractivity contribution in [2.24, 2.45) is 0 Å². The molecule has 0 spiro atoms. The second kappa shape index (κ2) is 6.41. The van der Waals surface area contributed by atoms with Crippen LogP contribution in [-0.2, 0) is 0 Å². The van der Waals surface area contributed by atoms with Crippen LogP contribution in [0.1, 0.15) is 25.3 Å². The van der Waals surface area contributed by atoms with Crippen LogP contribution < -0.4 is 0 Å². The average Bonchev–Trinajstić information content (AvgIpc) is 2.25. The summed E-state index contributed by atoms with van der Waals surface area (Å²) in [6.07, 6.45) is 4.60. The average molecular weight is 203 g/mol. The van der Waals surface area contributed by atoms with Crippen LogP contribution in [0.4, 0.5) is 0 Å². The molecule has 1 nitrogen and oxygen atoms in total. The summed E-state index contributed by atoms with van der Waals surface area (Å²) in [5, 5.41) is 0. The normalized spacial score (nSPS) is 12.1. The number of rotatable bonds is 5. The van der Waals surface area contributed by atoms with E-state index < -0.39 is 0 Å². The lowest BCUT2D eigenvalue weighted by Crippen LogP contribution is -2.11. The number of allylic oxidation sites excluding steroid dienone is 1. The van der Waals surface area contributed by atoms with Crippen LogP contribution in [0.2, 0.25) is 0 Å². The van der Waals surface area contributed by atoms with Gasteiger partial charge in [-0.15, -0.1) is 0 Å². The molecule has 1 heteroatoms. The fraction of sp³-hybridized carbons (Fsp3) is 0.429. The summed E-state index contributed by atoms with van der Waals surface area (Å²) in [4.78, 5) is 2.22. The molecule has 1 aromatic rings. The van der Waals surface area contributed by atoms with Crippen molar-refractivity contribution in [1.82, 2.24) is 4.90 Å². The smallest absolute Gasteiger partial charge is 0.00100 e. The highest BCUT2D eigenvalue weighted by atomic mass is 15.0. The van der Waals surface area contributed by atoms with Crippen molar-refractivity contribution >= 4 is 5.57 Å². The second-order valence-electron chi connectivity index (χ2n) is 4.04. The highest BCUT2D eigenvalue weighted by Gasteiger charge is 1.97. The molecule has 0 bridgehead atoms. The Kier molecular flexibility index (Phi) is 5.13. The minimum absolute atomic E-state index is 1.11. The molecule has 0 aromatic heterocycles. The zero-order chi connectivity index (χ0) is 11.1. The molecule has 0 aliphatic carbocycles. The maximum Gasteiger partial charge on any atom is 0.00100 e. The first-order valence-corrected chi connectivity index (χ1v) is 5.63. The maximum absolute atomic E-state index is 2.36. The van der Waals surface area contributed by atoms with Gasteiger partial charge in [0, 0.05) is 6.54 Å². The summed E-state index contributed by atoms with van der Waals surface area (Å²) in [7, 11) is 4.23. The molecule has 0 fully saturated rings. The molecule has 82 valence electrons. The Morgan fingerprint density at radius 1 is 1.20 bits per heavy atom. The van der Waals surface area contributed by atoms with Gasteiger partial charge < -0.3 is 4.90 Å². The number of nitrogens with zero attached hydrogens (tertiary/aromatic N) is 1. The molecule has 0 amide bonds. The van der Waals surface area contributed by atoms with Gasteiger partial charge in [0.05, 0.1) is 0 Å². The van der Waals surface area contributed by atoms with Crippen molar-refractivity contribution in [3.05, 3.63) is 42.0 Å². The quantitative estimate of drug-likeness (QED) is 0.708. The predicted octanol–water partition coefficient (Wildman–Crippen LogP) is 3.43. The molecule has 1 aromatic carbocycles. The summed E-state index contributed by atoms with van der Waals surface area (Å²) >= 11 is 0. The number of benzene rings is 1. The lowest BCUT2D eigenvalue weighted by molar-refractivity contribution is 0.417. The van der Waals surface area contributed by atoms with Crippen LogP contribution in [-0.4, -0.2) is 25.5 Å². The van der Waals surface area contributed by atoms with Crippen molar-refractivity contribution in [2.75, 3.05) is 20.6 Å².